The van der Waals surface area contributed by atoms with Crippen LogP contribution in [-0.2, 0) is 10.3 Å². The minimum atomic E-state index is -4.60. The first-order valence-electron chi connectivity index (χ1n) is 5.72. The quantitative estimate of drug-likeness (QED) is 0.791. The Kier molecular flexibility index (Phi) is 5.10. The summed E-state index contributed by atoms with van der Waals surface area (Å²) in [4.78, 5) is 11.5. The minimum Gasteiger partial charge on any atom is -0.434 e. The van der Waals surface area contributed by atoms with Crippen LogP contribution in [0.3, 0.4) is 0 Å². The smallest absolute Gasteiger partial charge is 0.401 e. The van der Waals surface area contributed by atoms with E-state index >= 15 is 0 Å². The van der Waals surface area contributed by atoms with Crippen molar-refractivity contribution in [1.82, 2.24) is 5.32 Å². The SMILES string of the molecule is CC(NCC(F)(F)F)(C(N)=O)c1ccccc1OC(F)F. The van der Waals surface area contributed by atoms with Crippen LogP contribution in [-0.4, -0.2) is 25.2 Å². The molecule has 0 fully saturated rings. The predicted octanol–water partition coefficient (Wildman–Crippen LogP) is 2.14. The second kappa shape index (κ2) is 6.25. The molecule has 1 aromatic carbocycles. The zero-order chi connectivity index (χ0) is 16.3. The zero-order valence-corrected chi connectivity index (χ0v) is 10.9. The van der Waals surface area contributed by atoms with Crippen LogP contribution in [0.15, 0.2) is 24.3 Å². The number of hydrogen-bond donors (Lipinski definition) is 2. The van der Waals surface area contributed by atoms with Crippen LogP contribution in [0.2, 0.25) is 0 Å². The Balaban J connectivity index is 3.19. The van der Waals surface area contributed by atoms with Gasteiger partial charge in [-0.1, -0.05) is 18.2 Å². The zero-order valence-electron chi connectivity index (χ0n) is 10.9. The molecule has 0 saturated heterocycles. The number of amides is 1. The maximum Gasteiger partial charge on any atom is 0.401 e. The van der Waals surface area contributed by atoms with Crippen LogP contribution in [0.1, 0.15) is 12.5 Å². The number of primary amides is 1. The first kappa shape index (κ1) is 17.2. The van der Waals surface area contributed by atoms with Crippen molar-refractivity contribution in [3.63, 3.8) is 0 Å². The molecule has 0 bridgehead atoms. The molecule has 0 radical (unpaired) electrons. The number of benzene rings is 1. The van der Waals surface area contributed by atoms with Crippen LogP contribution in [0.5, 0.6) is 5.75 Å². The van der Waals surface area contributed by atoms with E-state index in [9.17, 15) is 26.7 Å². The number of nitrogens with one attached hydrogen (secondary N) is 1. The number of carbonyl (C=O) groups is 1. The summed E-state index contributed by atoms with van der Waals surface area (Å²) >= 11 is 0. The third-order valence-corrected chi connectivity index (χ3v) is 2.78. The molecule has 118 valence electrons. The number of ether oxygens (including phenoxy) is 1. The van der Waals surface area contributed by atoms with E-state index < -0.39 is 36.5 Å². The van der Waals surface area contributed by atoms with Gasteiger partial charge < -0.3 is 10.5 Å². The van der Waals surface area contributed by atoms with Crippen LogP contribution in [0, 0.1) is 0 Å². The molecule has 0 aliphatic heterocycles. The van der Waals surface area contributed by atoms with Crippen LogP contribution in [0.25, 0.3) is 0 Å². The molecule has 4 nitrogen and oxygen atoms in total. The van der Waals surface area contributed by atoms with Crippen LogP contribution < -0.4 is 15.8 Å². The molecule has 1 aromatic rings. The number of para-hydroxylation sites is 1. The Morgan fingerprint density at radius 1 is 1.33 bits per heavy atom. The topological polar surface area (TPSA) is 64.3 Å². The Bertz CT molecular complexity index is 507. The van der Waals surface area contributed by atoms with Crippen molar-refractivity contribution < 1.29 is 31.5 Å². The van der Waals surface area contributed by atoms with Crippen molar-refractivity contribution in [2.45, 2.75) is 25.3 Å². The third-order valence-electron chi connectivity index (χ3n) is 2.78. The maximum absolute atomic E-state index is 12.3. The fourth-order valence-corrected chi connectivity index (χ4v) is 1.67. The first-order valence-corrected chi connectivity index (χ1v) is 5.72. The first-order chi connectivity index (χ1) is 9.56. The highest BCUT2D eigenvalue weighted by atomic mass is 19.4. The lowest BCUT2D eigenvalue weighted by Crippen LogP contribution is -2.53. The monoisotopic (exact) mass is 312 g/mol. The van der Waals surface area contributed by atoms with Crippen molar-refractivity contribution in [3.8, 4) is 5.75 Å². The lowest BCUT2D eigenvalue weighted by atomic mass is 9.90. The molecule has 0 spiro atoms. The van der Waals surface area contributed by atoms with Gasteiger partial charge in [-0.25, -0.2) is 0 Å². The van der Waals surface area contributed by atoms with E-state index in [1.807, 2.05) is 5.32 Å². The van der Waals surface area contributed by atoms with E-state index in [0.29, 0.717) is 0 Å². The number of rotatable bonds is 6. The van der Waals surface area contributed by atoms with Gasteiger partial charge in [-0.3, -0.25) is 10.1 Å². The minimum absolute atomic E-state index is 0.206. The van der Waals surface area contributed by atoms with Gasteiger partial charge in [0.25, 0.3) is 0 Å². The lowest BCUT2D eigenvalue weighted by molar-refractivity contribution is -0.136. The Morgan fingerprint density at radius 2 is 1.90 bits per heavy atom. The van der Waals surface area contributed by atoms with Gasteiger partial charge in [-0.15, -0.1) is 0 Å². The molecule has 0 aromatic heterocycles. The summed E-state index contributed by atoms with van der Waals surface area (Å²) < 4.78 is 65.8. The summed E-state index contributed by atoms with van der Waals surface area (Å²) in [7, 11) is 0. The fraction of sp³-hybridized carbons (Fsp3) is 0.417. The van der Waals surface area contributed by atoms with Gasteiger partial charge in [-0.2, -0.15) is 22.0 Å². The highest BCUT2D eigenvalue weighted by molar-refractivity contribution is 5.86. The van der Waals surface area contributed by atoms with Crippen molar-refractivity contribution in [3.05, 3.63) is 29.8 Å². The molecule has 1 amide bonds. The summed E-state index contributed by atoms with van der Waals surface area (Å²) in [6, 6.07) is 5.00. The number of hydrogen-bond acceptors (Lipinski definition) is 3. The molecule has 21 heavy (non-hydrogen) atoms. The predicted molar refractivity (Wildman–Crippen MR) is 63.7 cm³/mol. The maximum atomic E-state index is 12.3. The van der Waals surface area contributed by atoms with E-state index in [4.69, 9.17) is 5.73 Å². The van der Waals surface area contributed by atoms with Crippen molar-refractivity contribution in [1.29, 1.82) is 0 Å². The number of carbonyl (C=O) groups excluding carboxylic acids is 1. The molecule has 0 aliphatic rings. The third kappa shape index (κ3) is 4.55. The van der Waals surface area contributed by atoms with Gasteiger partial charge in [0.15, 0.2) is 0 Å². The molecule has 0 aliphatic carbocycles. The molecule has 9 heteroatoms. The number of halogens is 5. The number of nitrogens with two attached hydrogens (primary N) is 1. The Labute approximate surface area is 117 Å². The summed E-state index contributed by atoms with van der Waals surface area (Å²) in [6.45, 7) is -3.64. The van der Waals surface area contributed by atoms with E-state index in [-0.39, 0.29) is 5.56 Å². The van der Waals surface area contributed by atoms with E-state index in [1.54, 1.807) is 0 Å². The summed E-state index contributed by atoms with van der Waals surface area (Å²) in [5, 5.41) is 1.94. The normalized spacial score (nSPS) is 14.8. The van der Waals surface area contributed by atoms with Crippen molar-refractivity contribution in [2.24, 2.45) is 5.73 Å². The standard InChI is InChI=1S/C12H13F5N2O2/c1-11(9(18)20,19-6-12(15,16)17)7-4-2-3-5-8(7)21-10(13)14/h2-5,10,19H,6H2,1H3,(H2,18,20). The average Bonchev–Trinajstić information content (AvgIpc) is 2.34. The fourth-order valence-electron chi connectivity index (χ4n) is 1.67. The summed E-state index contributed by atoms with van der Waals surface area (Å²) in [6.07, 6.45) is -4.60. The van der Waals surface area contributed by atoms with Crippen molar-refractivity contribution in [2.75, 3.05) is 6.54 Å². The van der Waals surface area contributed by atoms with Crippen molar-refractivity contribution >= 4 is 5.91 Å². The molecule has 1 atom stereocenters. The highest BCUT2D eigenvalue weighted by Crippen LogP contribution is 2.31. The van der Waals surface area contributed by atoms with Crippen LogP contribution in [0.4, 0.5) is 22.0 Å². The van der Waals surface area contributed by atoms with Gasteiger partial charge in [0, 0.05) is 5.56 Å². The van der Waals surface area contributed by atoms with E-state index in [1.165, 1.54) is 18.2 Å². The Morgan fingerprint density at radius 3 is 2.38 bits per heavy atom. The van der Waals surface area contributed by atoms with E-state index in [0.717, 1.165) is 13.0 Å². The second-order valence-electron chi connectivity index (χ2n) is 4.33. The second-order valence-corrected chi connectivity index (χ2v) is 4.33. The highest BCUT2D eigenvalue weighted by Gasteiger charge is 2.39. The summed E-state index contributed by atoms with van der Waals surface area (Å²) in [5.74, 6) is -1.58. The molecular weight excluding hydrogens is 299 g/mol. The number of alkyl halides is 5. The largest absolute Gasteiger partial charge is 0.434 e. The van der Waals surface area contributed by atoms with Gasteiger partial charge in [0.2, 0.25) is 5.91 Å². The molecule has 0 heterocycles. The van der Waals surface area contributed by atoms with Gasteiger partial charge in [-0.05, 0) is 13.0 Å². The molecular formula is C12H13F5N2O2. The van der Waals surface area contributed by atoms with Gasteiger partial charge in [0.05, 0.1) is 6.54 Å². The molecule has 0 saturated carbocycles. The average molecular weight is 312 g/mol. The van der Waals surface area contributed by atoms with Gasteiger partial charge >= 0.3 is 12.8 Å². The molecule has 1 rings (SSSR count). The van der Waals surface area contributed by atoms with Crippen LogP contribution >= 0.6 is 0 Å². The van der Waals surface area contributed by atoms with E-state index in [2.05, 4.69) is 4.74 Å². The summed E-state index contributed by atoms with van der Waals surface area (Å²) in [5.41, 5.74) is 2.90. The van der Waals surface area contributed by atoms with Gasteiger partial charge in [0.1, 0.15) is 11.3 Å². The lowest BCUT2D eigenvalue weighted by Gasteiger charge is -2.30. The molecule has 3 N–H and O–H groups in total. The Hall–Kier alpha value is -1.90. The molecule has 1 unspecified atom stereocenters.